The molecule has 0 atom stereocenters. The first-order valence-corrected chi connectivity index (χ1v) is 3.25. The largest absolute Gasteiger partial charge is 0.432 e. The van der Waals surface area contributed by atoms with E-state index in [1.54, 1.807) is 0 Å². The standard InChI is InChI=1S/C5H6O2.C2H4O/c1-4-2-3-5(6)7-4;1-2-3-1/h1-3H2;1-2H2. The number of allylic oxidation sites excluding steroid dienone is 1. The SMILES string of the molecule is C1CO1.C=C1CCC(=O)O1. The molecule has 56 valence electrons. The van der Waals surface area contributed by atoms with Gasteiger partial charge < -0.3 is 9.47 Å². The third-order valence-corrected chi connectivity index (χ3v) is 1.07. The first kappa shape index (κ1) is 7.28. The maximum absolute atomic E-state index is 10.2. The van der Waals surface area contributed by atoms with Crippen molar-refractivity contribution in [1.82, 2.24) is 0 Å². The van der Waals surface area contributed by atoms with Gasteiger partial charge in [0.1, 0.15) is 5.76 Å². The summed E-state index contributed by atoms with van der Waals surface area (Å²) in [6.07, 6.45) is 1.22. The maximum atomic E-state index is 10.2. The first-order valence-electron chi connectivity index (χ1n) is 3.25. The Morgan fingerprint density at radius 2 is 1.90 bits per heavy atom. The van der Waals surface area contributed by atoms with Crippen LogP contribution in [0, 0.1) is 0 Å². The Morgan fingerprint density at radius 1 is 1.30 bits per heavy atom. The van der Waals surface area contributed by atoms with Gasteiger partial charge in [-0.15, -0.1) is 0 Å². The Bertz CT molecular complexity index is 132. The van der Waals surface area contributed by atoms with Crippen LogP contribution in [-0.4, -0.2) is 19.2 Å². The lowest BCUT2D eigenvalue weighted by atomic mass is 10.3. The molecule has 2 fully saturated rings. The maximum Gasteiger partial charge on any atom is 0.311 e. The van der Waals surface area contributed by atoms with Gasteiger partial charge in [0.2, 0.25) is 0 Å². The highest BCUT2D eigenvalue weighted by molar-refractivity contribution is 5.73. The fourth-order valence-corrected chi connectivity index (χ4v) is 0.505. The van der Waals surface area contributed by atoms with Crippen LogP contribution < -0.4 is 0 Å². The van der Waals surface area contributed by atoms with E-state index in [9.17, 15) is 4.79 Å². The van der Waals surface area contributed by atoms with Crippen LogP contribution in [0.25, 0.3) is 0 Å². The zero-order chi connectivity index (χ0) is 7.40. The van der Waals surface area contributed by atoms with Crippen LogP contribution in [0.2, 0.25) is 0 Å². The number of cyclic esters (lactones) is 1. The van der Waals surface area contributed by atoms with E-state index in [-0.39, 0.29) is 5.97 Å². The van der Waals surface area contributed by atoms with E-state index in [1.165, 1.54) is 0 Å². The van der Waals surface area contributed by atoms with Crippen LogP contribution in [-0.2, 0) is 14.3 Å². The molecule has 2 aliphatic rings. The molecular formula is C7H10O3. The number of carbonyl (C=O) groups excluding carboxylic acids is 1. The normalized spacial score (nSPS) is 21.2. The van der Waals surface area contributed by atoms with Crippen molar-refractivity contribution in [2.75, 3.05) is 13.2 Å². The van der Waals surface area contributed by atoms with E-state index < -0.39 is 0 Å². The highest BCUT2D eigenvalue weighted by atomic mass is 16.6. The van der Waals surface area contributed by atoms with Gasteiger partial charge in [-0.3, -0.25) is 4.79 Å². The highest BCUT2D eigenvalue weighted by Crippen LogP contribution is 2.13. The van der Waals surface area contributed by atoms with Gasteiger partial charge in [0.05, 0.1) is 19.6 Å². The second kappa shape index (κ2) is 3.37. The third kappa shape index (κ3) is 3.25. The highest BCUT2D eigenvalue weighted by Gasteiger charge is 2.13. The predicted octanol–water partition coefficient (Wildman–Crippen LogP) is 0.854. The Labute approximate surface area is 59.6 Å². The number of ether oxygens (including phenoxy) is 2. The zero-order valence-electron chi connectivity index (χ0n) is 5.76. The molecule has 0 aliphatic carbocycles. The molecule has 0 unspecified atom stereocenters. The second-order valence-corrected chi connectivity index (χ2v) is 2.13. The summed E-state index contributed by atoms with van der Waals surface area (Å²) >= 11 is 0. The smallest absolute Gasteiger partial charge is 0.311 e. The summed E-state index contributed by atoms with van der Waals surface area (Å²) in [4.78, 5) is 10.2. The number of hydrogen-bond acceptors (Lipinski definition) is 3. The van der Waals surface area contributed by atoms with E-state index in [1.807, 2.05) is 0 Å². The van der Waals surface area contributed by atoms with E-state index in [0.717, 1.165) is 13.2 Å². The fraction of sp³-hybridized carbons (Fsp3) is 0.571. The van der Waals surface area contributed by atoms with E-state index in [4.69, 9.17) is 0 Å². The predicted molar refractivity (Wildman–Crippen MR) is 35.3 cm³/mol. The minimum Gasteiger partial charge on any atom is -0.432 e. The summed E-state index contributed by atoms with van der Waals surface area (Å²) in [7, 11) is 0. The van der Waals surface area contributed by atoms with Crippen molar-refractivity contribution in [2.24, 2.45) is 0 Å². The lowest BCUT2D eigenvalue weighted by Gasteiger charge is -1.85. The zero-order valence-corrected chi connectivity index (χ0v) is 5.76. The molecule has 0 saturated carbocycles. The van der Waals surface area contributed by atoms with Crippen LogP contribution in [0.1, 0.15) is 12.8 Å². The van der Waals surface area contributed by atoms with Crippen molar-refractivity contribution in [2.45, 2.75) is 12.8 Å². The molecule has 10 heavy (non-hydrogen) atoms. The van der Waals surface area contributed by atoms with Crippen molar-refractivity contribution in [3.63, 3.8) is 0 Å². The number of hydrogen-bond donors (Lipinski definition) is 0. The molecule has 0 aromatic rings. The summed E-state index contributed by atoms with van der Waals surface area (Å²) < 4.78 is 9.03. The summed E-state index contributed by atoms with van der Waals surface area (Å²) in [5.74, 6) is 0.454. The Morgan fingerprint density at radius 3 is 2.00 bits per heavy atom. The van der Waals surface area contributed by atoms with Gasteiger partial charge in [-0.1, -0.05) is 6.58 Å². The molecule has 0 amide bonds. The number of epoxide rings is 1. The molecule has 2 saturated heterocycles. The molecule has 3 heteroatoms. The summed E-state index contributed by atoms with van der Waals surface area (Å²) in [6, 6.07) is 0. The molecule has 2 heterocycles. The van der Waals surface area contributed by atoms with Crippen LogP contribution in [0.4, 0.5) is 0 Å². The number of rotatable bonds is 0. The molecule has 0 aromatic heterocycles. The van der Waals surface area contributed by atoms with Gasteiger partial charge >= 0.3 is 5.97 Å². The molecule has 0 spiro atoms. The van der Waals surface area contributed by atoms with Crippen LogP contribution in [0.5, 0.6) is 0 Å². The summed E-state index contributed by atoms with van der Waals surface area (Å²) in [5, 5.41) is 0. The molecule has 0 radical (unpaired) electrons. The molecule has 3 nitrogen and oxygen atoms in total. The van der Waals surface area contributed by atoms with E-state index >= 15 is 0 Å². The third-order valence-electron chi connectivity index (χ3n) is 1.07. The van der Waals surface area contributed by atoms with Crippen LogP contribution >= 0.6 is 0 Å². The monoisotopic (exact) mass is 142 g/mol. The van der Waals surface area contributed by atoms with Crippen molar-refractivity contribution in [3.05, 3.63) is 12.3 Å². The van der Waals surface area contributed by atoms with Crippen LogP contribution in [0.3, 0.4) is 0 Å². The van der Waals surface area contributed by atoms with Gasteiger partial charge in [0.15, 0.2) is 0 Å². The molecular weight excluding hydrogens is 132 g/mol. The van der Waals surface area contributed by atoms with Gasteiger partial charge in [-0.2, -0.15) is 0 Å². The topological polar surface area (TPSA) is 38.8 Å². The van der Waals surface area contributed by atoms with E-state index in [2.05, 4.69) is 16.1 Å². The van der Waals surface area contributed by atoms with Gasteiger partial charge in [-0.05, 0) is 0 Å². The minimum absolute atomic E-state index is 0.148. The second-order valence-electron chi connectivity index (χ2n) is 2.13. The first-order chi connectivity index (χ1) is 4.79. The lowest BCUT2D eigenvalue weighted by molar-refractivity contribution is -0.135. The Hall–Kier alpha value is -0.830. The summed E-state index contributed by atoms with van der Waals surface area (Å²) in [6.45, 7) is 5.46. The number of carbonyl (C=O) groups is 1. The van der Waals surface area contributed by atoms with Crippen molar-refractivity contribution >= 4 is 5.97 Å². The quantitative estimate of drug-likeness (QED) is 0.372. The minimum atomic E-state index is -0.148. The van der Waals surface area contributed by atoms with Crippen molar-refractivity contribution in [1.29, 1.82) is 0 Å². The van der Waals surface area contributed by atoms with Crippen molar-refractivity contribution in [3.8, 4) is 0 Å². The Balaban J connectivity index is 0.000000138. The van der Waals surface area contributed by atoms with Gasteiger partial charge in [0.25, 0.3) is 0 Å². The van der Waals surface area contributed by atoms with Crippen molar-refractivity contribution < 1.29 is 14.3 Å². The fourth-order valence-electron chi connectivity index (χ4n) is 0.505. The Kier molecular flexibility index (Phi) is 2.45. The average Bonchev–Trinajstić information content (AvgIpc) is 2.67. The number of esters is 1. The molecule has 0 bridgehead atoms. The molecule has 0 N–H and O–H groups in total. The average molecular weight is 142 g/mol. The lowest BCUT2D eigenvalue weighted by Crippen LogP contribution is -1.87. The van der Waals surface area contributed by atoms with Crippen LogP contribution in [0.15, 0.2) is 12.3 Å². The molecule has 2 rings (SSSR count). The summed E-state index contributed by atoms with van der Waals surface area (Å²) in [5.41, 5.74) is 0. The molecule has 0 aromatic carbocycles. The van der Waals surface area contributed by atoms with Gasteiger partial charge in [0, 0.05) is 6.42 Å². The van der Waals surface area contributed by atoms with E-state index in [0.29, 0.717) is 18.6 Å². The van der Waals surface area contributed by atoms with Gasteiger partial charge in [-0.25, -0.2) is 0 Å². The molecule has 2 aliphatic heterocycles.